The van der Waals surface area contributed by atoms with Gasteiger partial charge in [0.25, 0.3) is 0 Å². The van der Waals surface area contributed by atoms with Crippen LogP contribution in [-0.2, 0) is 0 Å². The summed E-state index contributed by atoms with van der Waals surface area (Å²) in [5.74, 6) is 1.48. The average Bonchev–Trinajstić information content (AvgIpc) is 3.09. The Kier molecular flexibility index (Phi) is 5.54. The highest BCUT2D eigenvalue weighted by Crippen LogP contribution is 2.50. The maximum Gasteiger partial charge on any atom is 0.0650 e. The minimum Gasteiger partial charge on any atom is -0.390 e. The van der Waals surface area contributed by atoms with E-state index >= 15 is 0 Å². The number of hydrogen-bond donors (Lipinski definition) is 1. The second-order valence-electron chi connectivity index (χ2n) is 7.03. The van der Waals surface area contributed by atoms with Gasteiger partial charge < -0.3 is 5.11 Å². The molecule has 2 aliphatic carbocycles. The fourth-order valence-electron chi connectivity index (χ4n) is 3.82. The van der Waals surface area contributed by atoms with E-state index in [0.29, 0.717) is 5.92 Å². The molecule has 0 aliphatic heterocycles. The van der Waals surface area contributed by atoms with Crippen molar-refractivity contribution in [1.29, 1.82) is 0 Å². The molecule has 2 fully saturated rings. The molecule has 1 nitrogen and oxygen atoms in total. The Hall–Kier alpha value is -0.0400. The summed E-state index contributed by atoms with van der Waals surface area (Å²) in [4.78, 5) is 0. The molecule has 106 valence electrons. The molecule has 0 amide bonds. The molecule has 0 heterocycles. The quantitative estimate of drug-likeness (QED) is 0.638. The van der Waals surface area contributed by atoms with Crippen molar-refractivity contribution in [3.05, 3.63) is 0 Å². The Balaban J connectivity index is 1.75. The molecule has 2 aliphatic rings. The fraction of sp³-hybridized carbons (Fsp3) is 1.00. The van der Waals surface area contributed by atoms with Crippen LogP contribution in [0.2, 0.25) is 0 Å². The smallest absolute Gasteiger partial charge is 0.0650 e. The third kappa shape index (κ3) is 4.57. The van der Waals surface area contributed by atoms with Crippen LogP contribution in [0.5, 0.6) is 0 Å². The van der Waals surface area contributed by atoms with Gasteiger partial charge in [-0.1, -0.05) is 70.6 Å². The largest absolute Gasteiger partial charge is 0.390 e. The van der Waals surface area contributed by atoms with E-state index in [1.807, 2.05) is 0 Å². The van der Waals surface area contributed by atoms with Crippen molar-refractivity contribution in [3.8, 4) is 0 Å². The van der Waals surface area contributed by atoms with Crippen molar-refractivity contribution in [3.63, 3.8) is 0 Å². The molecule has 0 aromatic carbocycles. The zero-order chi connectivity index (χ0) is 12.8. The molecule has 2 rings (SSSR count). The summed E-state index contributed by atoms with van der Waals surface area (Å²) < 4.78 is 0. The molecule has 0 saturated heterocycles. The summed E-state index contributed by atoms with van der Waals surface area (Å²) in [6.45, 7) is 2.09. The van der Waals surface area contributed by atoms with Crippen molar-refractivity contribution < 1.29 is 5.11 Å². The summed E-state index contributed by atoms with van der Waals surface area (Å²) in [5, 5.41) is 10.6. The molecule has 0 aromatic heterocycles. The van der Waals surface area contributed by atoms with Gasteiger partial charge in [0.2, 0.25) is 0 Å². The molecule has 2 saturated carbocycles. The van der Waals surface area contributed by atoms with Gasteiger partial charge in [-0.2, -0.15) is 0 Å². The van der Waals surface area contributed by atoms with Gasteiger partial charge in [0.15, 0.2) is 0 Å². The molecule has 0 spiro atoms. The average molecular weight is 252 g/mol. The van der Waals surface area contributed by atoms with E-state index in [-0.39, 0.29) is 5.60 Å². The highest BCUT2D eigenvalue weighted by molar-refractivity contribution is 4.98. The number of aliphatic hydroxyl groups is 1. The Morgan fingerprint density at radius 1 is 0.778 bits per heavy atom. The van der Waals surface area contributed by atoms with E-state index < -0.39 is 0 Å². The van der Waals surface area contributed by atoms with Crippen molar-refractivity contribution >= 4 is 0 Å². The molecule has 3 atom stereocenters. The minimum absolute atomic E-state index is 0.356. The molecule has 0 radical (unpaired) electrons. The van der Waals surface area contributed by atoms with Crippen LogP contribution in [0.25, 0.3) is 0 Å². The zero-order valence-electron chi connectivity index (χ0n) is 12.3. The highest BCUT2D eigenvalue weighted by atomic mass is 16.3. The van der Waals surface area contributed by atoms with E-state index in [4.69, 9.17) is 0 Å². The van der Waals surface area contributed by atoms with Crippen LogP contribution in [0.4, 0.5) is 0 Å². The number of fused-ring (bicyclic) bond motifs is 1. The summed E-state index contributed by atoms with van der Waals surface area (Å²) in [5.41, 5.74) is -0.356. The molecular weight excluding hydrogens is 220 g/mol. The molecule has 0 bridgehead atoms. The maximum absolute atomic E-state index is 10.6. The number of rotatable bonds is 0. The van der Waals surface area contributed by atoms with Crippen molar-refractivity contribution in [1.82, 2.24) is 0 Å². The summed E-state index contributed by atoms with van der Waals surface area (Å²) in [7, 11) is 0. The molecular formula is C17H32O. The third-order valence-electron chi connectivity index (χ3n) is 5.23. The monoisotopic (exact) mass is 252 g/mol. The van der Waals surface area contributed by atoms with Gasteiger partial charge in [0, 0.05) is 0 Å². The van der Waals surface area contributed by atoms with Crippen molar-refractivity contribution in [2.75, 3.05) is 0 Å². The lowest BCUT2D eigenvalue weighted by atomic mass is 9.91. The van der Waals surface area contributed by atoms with Gasteiger partial charge in [-0.15, -0.1) is 0 Å². The number of hydrogen-bond acceptors (Lipinski definition) is 1. The van der Waals surface area contributed by atoms with Crippen LogP contribution < -0.4 is 0 Å². The molecule has 1 heteroatoms. The highest BCUT2D eigenvalue weighted by Gasteiger charge is 2.47. The first kappa shape index (κ1) is 14.4. The third-order valence-corrected chi connectivity index (χ3v) is 5.23. The lowest BCUT2D eigenvalue weighted by Gasteiger charge is -2.24. The van der Waals surface area contributed by atoms with Crippen LogP contribution in [0.3, 0.4) is 0 Å². The van der Waals surface area contributed by atoms with Crippen molar-refractivity contribution in [2.45, 2.75) is 96.0 Å². The molecule has 1 N–H and O–H groups in total. The van der Waals surface area contributed by atoms with Crippen LogP contribution in [0, 0.1) is 11.8 Å². The fourth-order valence-corrected chi connectivity index (χ4v) is 3.82. The Morgan fingerprint density at radius 2 is 1.28 bits per heavy atom. The van der Waals surface area contributed by atoms with E-state index in [1.54, 1.807) is 0 Å². The first-order chi connectivity index (χ1) is 8.70. The van der Waals surface area contributed by atoms with Gasteiger partial charge in [0.05, 0.1) is 5.60 Å². The Morgan fingerprint density at radius 3 is 1.89 bits per heavy atom. The first-order valence-corrected chi connectivity index (χ1v) is 8.42. The van der Waals surface area contributed by atoms with E-state index in [2.05, 4.69) is 6.92 Å². The second-order valence-corrected chi connectivity index (χ2v) is 7.03. The van der Waals surface area contributed by atoms with Crippen molar-refractivity contribution in [2.24, 2.45) is 11.8 Å². The lowest BCUT2D eigenvalue weighted by Crippen LogP contribution is -2.27. The van der Waals surface area contributed by atoms with E-state index in [0.717, 1.165) is 12.3 Å². The Bertz CT molecular complexity index is 234. The van der Waals surface area contributed by atoms with Gasteiger partial charge in [-0.25, -0.2) is 0 Å². The van der Waals surface area contributed by atoms with Gasteiger partial charge in [-0.05, 0) is 31.6 Å². The summed E-state index contributed by atoms with van der Waals surface area (Å²) in [6.07, 6.45) is 17.7. The van der Waals surface area contributed by atoms with Gasteiger partial charge in [-0.3, -0.25) is 0 Å². The normalized spacial score (nSPS) is 40.3. The van der Waals surface area contributed by atoms with Crippen LogP contribution >= 0.6 is 0 Å². The summed E-state index contributed by atoms with van der Waals surface area (Å²) in [6, 6.07) is 0. The van der Waals surface area contributed by atoms with E-state index in [9.17, 15) is 5.11 Å². The first-order valence-electron chi connectivity index (χ1n) is 8.42. The molecule has 18 heavy (non-hydrogen) atoms. The van der Waals surface area contributed by atoms with Crippen LogP contribution in [0.15, 0.2) is 0 Å². The van der Waals surface area contributed by atoms with Gasteiger partial charge >= 0.3 is 0 Å². The van der Waals surface area contributed by atoms with E-state index in [1.165, 1.54) is 77.0 Å². The second kappa shape index (κ2) is 6.93. The van der Waals surface area contributed by atoms with Crippen LogP contribution in [0.1, 0.15) is 90.4 Å². The van der Waals surface area contributed by atoms with Gasteiger partial charge in [0.1, 0.15) is 0 Å². The molecule has 0 aromatic rings. The maximum atomic E-state index is 10.6. The predicted octanol–water partition coefficient (Wildman–Crippen LogP) is 5.07. The summed E-state index contributed by atoms with van der Waals surface area (Å²) >= 11 is 0. The zero-order valence-corrected chi connectivity index (χ0v) is 12.3. The predicted molar refractivity (Wildman–Crippen MR) is 77.6 cm³/mol. The standard InChI is InChI=1S/C17H32O/c1-17(18)13-11-9-7-5-3-2-4-6-8-10-12-15-14-16(15)17/h15-16,18H,2-14H2,1H3/t15-,16+,17-/m1/s1. The Labute approximate surface area is 113 Å². The molecule has 0 unspecified atom stereocenters. The van der Waals surface area contributed by atoms with Crippen LogP contribution in [-0.4, -0.2) is 10.7 Å². The SMILES string of the molecule is C[C@@]1(O)CCCCCCCCCCCC[C@@H]2C[C@@H]21. The topological polar surface area (TPSA) is 20.2 Å². The lowest BCUT2D eigenvalue weighted by molar-refractivity contribution is 0.0197. The minimum atomic E-state index is -0.356.